The number of hydrogen-bond donors (Lipinski definition) is 1. The fourth-order valence-corrected chi connectivity index (χ4v) is 2.15. The fraction of sp³-hybridized carbons (Fsp3) is 0.273. The number of halogens is 2. The molecule has 2 rings (SSSR count). The van der Waals surface area contributed by atoms with Gasteiger partial charge in [0, 0.05) is 15.6 Å². The van der Waals surface area contributed by atoms with Gasteiger partial charge in [-0.3, -0.25) is 5.10 Å². The summed E-state index contributed by atoms with van der Waals surface area (Å²) in [5, 5.41) is 7.02. The Balaban J connectivity index is 2.35. The molecule has 2 aromatic rings. The second-order valence-electron chi connectivity index (χ2n) is 3.48. The molecule has 0 atom stereocenters. The van der Waals surface area contributed by atoms with Gasteiger partial charge in [0.05, 0.1) is 0 Å². The van der Waals surface area contributed by atoms with Crippen molar-refractivity contribution in [2.75, 3.05) is 0 Å². The predicted octanol–water partition coefficient (Wildman–Crippen LogP) is 3.17. The van der Waals surface area contributed by atoms with E-state index < -0.39 is 0 Å². The molecule has 1 N–H and O–H groups in total. The summed E-state index contributed by atoms with van der Waals surface area (Å²) in [5.74, 6) is 1.27. The third-order valence-electron chi connectivity index (χ3n) is 2.19. The lowest BCUT2D eigenvalue weighted by molar-refractivity contribution is 0.627. The summed E-state index contributed by atoms with van der Waals surface area (Å²) in [6.45, 7) is 2.09. The molecule has 0 radical (unpaired) electrons. The standard InChI is InChI=1S/C11H11FIN3/c1-2-3-10-14-11(16-15-10)8-5-4-7(12)6-9(8)13/h4-6H,2-3H2,1H3,(H,14,15,16). The van der Waals surface area contributed by atoms with Gasteiger partial charge in [-0.15, -0.1) is 0 Å². The SMILES string of the molecule is CCCc1nc(-c2ccc(F)cc2I)n[nH]1. The lowest BCUT2D eigenvalue weighted by atomic mass is 10.2. The first-order chi connectivity index (χ1) is 7.70. The Bertz CT molecular complexity index is 496. The number of hydrogen-bond acceptors (Lipinski definition) is 2. The number of aromatic nitrogens is 3. The van der Waals surface area contributed by atoms with Crippen LogP contribution in [0, 0.1) is 9.39 Å². The van der Waals surface area contributed by atoms with Crippen molar-refractivity contribution >= 4 is 22.6 Å². The number of benzene rings is 1. The van der Waals surface area contributed by atoms with Crippen molar-refractivity contribution in [3.8, 4) is 11.4 Å². The van der Waals surface area contributed by atoms with Crippen LogP contribution in [-0.2, 0) is 6.42 Å². The minimum Gasteiger partial charge on any atom is -0.263 e. The second kappa shape index (κ2) is 4.90. The van der Waals surface area contributed by atoms with E-state index in [1.165, 1.54) is 12.1 Å². The summed E-state index contributed by atoms with van der Waals surface area (Å²) >= 11 is 2.09. The van der Waals surface area contributed by atoms with Crippen molar-refractivity contribution in [2.24, 2.45) is 0 Å². The Morgan fingerprint density at radius 1 is 1.44 bits per heavy atom. The number of aromatic amines is 1. The lowest BCUT2D eigenvalue weighted by Crippen LogP contribution is -1.88. The van der Waals surface area contributed by atoms with E-state index in [1.807, 2.05) is 0 Å². The van der Waals surface area contributed by atoms with Crippen LogP contribution in [-0.4, -0.2) is 15.2 Å². The van der Waals surface area contributed by atoms with Crippen LogP contribution in [0.25, 0.3) is 11.4 Å². The van der Waals surface area contributed by atoms with Crippen molar-refractivity contribution in [3.05, 3.63) is 33.4 Å². The van der Waals surface area contributed by atoms with Crippen LogP contribution >= 0.6 is 22.6 Å². The normalized spacial score (nSPS) is 10.7. The minimum atomic E-state index is -0.238. The van der Waals surface area contributed by atoms with Gasteiger partial charge < -0.3 is 0 Å². The molecule has 5 heteroatoms. The smallest absolute Gasteiger partial charge is 0.182 e. The van der Waals surface area contributed by atoms with Gasteiger partial charge >= 0.3 is 0 Å². The van der Waals surface area contributed by atoms with Crippen molar-refractivity contribution < 1.29 is 4.39 Å². The van der Waals surface area contributed by atoms with Crippen LogP contribution in [0.15, 0.2) is 18.2 Å². The van der Waals surface area contributed by atoms with Crippen molar-refractivity contribution in [3.63, 3.8) is 0 Å². The first-order valence-corrected chi connectivity index (χ1v) is 6.15. The average Bonchev–Trinajstić information content (AvgIpc) is 2.67. The van der Waals surface area contributed by atoms with Gasteiger partial charge in [-0.25, -0.2) is 9.37 Å². The van der Waals surface area contributed by atoms with Crippen molar-refractivity contribution in [1.82, 2.24) is 15.2 Å². The molecule has 0 aliphatic carbocycles. The Hall–Kier alpha value is -0.980. The third-order valence-corrected chi connectivity index (χ3v) is 3.08. The molecule has 1 aromatic carbocycles. The van der Waals surface area contributed by atoms with Gasteiger partial charge in [-0.2, -0.15) is 5.10 Å². The number of nitrogens with one attached hydrogen (secondary N) is 1. The molecule has 0 fully saturated rings. The van der Waals surface area contributed by atoms with E-state index >= 15 is 0 Å². The maximum atomic E-state index is 12.9. The molecule has 1 heterocycles. The first-order valence-electron chi connectivity index (χ1n) is 5.07. The molecular formula is C11H11FIN3. The van der Waals surface area contributed by atoms with Gasteiger partial charge in [0.15, 0.2) is 5.82 Å². The number of nitrogens with zero attached hydrogens (tertiary/aromatic N) is 2. The van der Waals surface area contributed by atoms with Crippen LogP contribution in [0.4, 0.5) is 4.39 Å². The van der Waals surface area contributed by atoms with Gasteiger partial charge in [0.1, 0.15) is 11.6 Å². The lowest BCUT2D eigenvalue weighted by Gasteiger charge is -1.98. The molecule has 84 valence electrons. The molecule has 0 aliphatic heterocycles. The van der Waals surface area contributed by atoms with E-state index in [9.17, 15) is 4.39 Å². The Labute approximate surface area is 107 Å². The van der Waals surface area contributed by atoms with Crippen LogP contribution < -0.4 is 0 Å². The molecule has 0 unspecified atom stereocenters. The number of H-pyrrole nitrogens is 1. The largest absolute Gasteiger partial charge is 0.263 e. The third kappa shape index (κ3) is 2.40. The molecular weight excluding hydrogens is 320 g/mol. The monoisotopic (exact) mass is 331 g/mol. The molecule has 0 saturated carbocycles. The Morgan fingerprint density at radius 3 is 2.94 bits per heavy atom. The quantitative estimate of drug-likeness (QED) is 0.878. The summed E-state index contributed by atoms with van der Waals surface area (Å²) in [6, 6.07) is 4.61. The zero-order valence-corrected chi connectivity index (χ0v) is 11.0. The van der Waals surface area contributed by atoms with Crippen molar-refractivity contribution in [1.29, 1.82) is 0 Å². The topological polar surface area (TPSA) is 41.6 Å². The molecule has 3 nitrogen and oxygen atoms in total. The highest BCUT2D eigenvalue weighted by Gasteiger charge is 2.09. The first kappa shape index (κ1) is 11.5. The maximum absolute atomic E-state index is 12.9. The summed E-state index contributed by atoms with van der Waals surface area (Å²) < 4.78 is 13.8. The van der Waals surface area contributed by atoms with E-state index in [0.29, 0.717) is 5.82 Å². The average molecular weight is 331 g/mol. The van der Waals surface area contributed by atoms with Crippen LogP contribution in [0.2, 0.25) is 0 Å². The van der Waals surface area contributed by atoms with E-state index in [4.69, 9.17) is 0 Å². The summed E-state index contributed by atoms with van der Waals surface area (Å²) in [4.78, 5) is 4.37. The molecule has 1 aromatic heterocycles. The van der Waals surface area contributed by atoms with Gasteiger partial charge in [0.2, 0.25) is 0 Å². The maximum Gasteiger partial charge on any atom is 0.182 e. The van der Waals surface area contributed by atoms with Gasteiger partial charge in [-0.1, -0.05) is 6.92 Å². The highest BCUT2D eigenvalue weighted by molar-refractivity contribution is 14.1. The fourth-order valence-electron chi connectivity index (χ4n) is 1.44. The van der Waals surface area contributed by atoms with Gasteiger partial charge in [0.25, 0.3) is 0 Å². The summed E-state index contributed by atoms with van der Waals surface area (Å²) in [7, 11) is 0. The number of aryl methyl sites for hydroxylation is 1. The predicted molar refractivity (Wildman–Crippen MR) is 68.5 cm³/mol. The Kier molecular flexibility index (Phi) is 3.52. The molecule has 0 bridgehead atoms. The number of rotatable bonds is 3. The van der Waals surface area contributed by atoms with Crippen LogP contribution in [0.5, 0.6) is 0 Å². The van der Waals surface area contributed by atoms with E-state index in [2.05, 4.69) is 44.7 Å². The highest BCUT2D eigenvalue weighted by Crippen LogP contribution is 2.22. The van der Waals surface area contributed by atoms with E-state index in [1.54, 1.807) is 6.07 Å². The minimum absolute atomic E-state index is 0.238. The van der Waals surface area contributed by atoms with E-state index in [-0.39, 0.29) is 5.82 Å². The zero-order valence-electron chi connectivity index (χ0n) is 8.80. The molecule has 0 aliphatic rings. The summed E-state index contributed by atoms with van der Waals surface area (Å²) in [6.07, 6.45) is 1.90. The molecule has 16 heavy (non-hydrogen) atoms. The van der Waals surface area contributed by atoms with Crippen molar-refractivity contribution in [2.45, 2.75) is 19.8 Å². The van der Waals surface area contributed by atoms with Crippen LogP contribution in [0.1, 0.15) is 19.2 Å². The molecule has 0 saturated heterocycles. The Morgan fingerprint density at radius 2 is 2.25 bits per heavy atom. The van der Waals surface area contributed by atoms with E-state index in [0.717, 1.165) is 27.8 Å². The van der Waals surface area contributed by atoms with Crippen LogP contribution in [0.3, 0.4) is 0 Å². The second-order valence-corrected chi connectivity index (χ2v) is 4.64. The highest BCUT2D eigenvalue weighted by atomic mass is 127. The molecule has 0 spiro atoms. The van der Waals surface area contributed by atoms with Gasteiger partial charge in [-0.05, 0) is 47.2 Å². The summed E-state index contributed by atoms with van der Waals surface area (Å²) in [5.41, 5.74) is 0.862. The molecule has 0 amide bonds. The zero-order chi connectivity index (χ0) is 11.5.